The zero-order chi connectivity index (χ0) is 33.8. The second kappa shape index (κ2) is 13.5. The number of fused-ring (bicyclic) bond motifs is 1. The van der Waals surface area contributed by atoms with Crippen LogP contribution in [0.3, 0.4) is 0 Å². The minimum Gasteiger partial charge on any atom is -0.489 e. The Kier molecular flexibility index (Phi) is 9.50. The number of hydrogen-bond donors (Lipinski definition) is 4. The van der Waals surface area contributed by atoms with Crippen LogP contribution in [0.15, 0.2) is 66.7 Å². The van der Waals surface area contributed by atoms with Gasteiger partial charge in [0.2, 0.25) is 5.91 Å². The van der Waals surface area contributed by atoms with Gasteiger partial charge in [0.25, 0.3) is 11.8 Å². The third-order valence-corrected chi connectivity index (χ3v) is 7.98. The van der Waals surface area contributed by atoms with E-state index in [0.717, 1.165) is 22.3 Å². The molecule has 0 saturated carbocycles. The topological polar surface area (TPSA) is 155 Å². The number of nitrogens with one attached hydrogen (secondary N) is 4. The molecule has 6 amide bonds. The number of rotatable bonds is 9. The number of alkyl carbamates (subject to hydrolysis) is 1. The fourth-order valence-electron chi connectivity index (χ4n) is 5.33. The van der Waals surface area contributed by atoms with Gasteiger partial charge >= 0.3 is 12.1 Å². The Labute approximate surface area is 273 Å². The molecule has 47 heavy (non-hydrogen) atoms. The highest BCUT2D eigenvalue weighted by molar-refractivity contribution is 6.07. The second-order valence-corrected chi connectivity index (χ2v) is 12.8. The van der Waals surface area contributed by atoms with Crippen LogP contribution in [0.5, 0.6) is 5.75 Å². The van der Waals surface area contributed by atoms with E-state index in [2.05, 4.69) is 21.3 Å². The van der Waals surface area contributed by atoms with Crippen LogP contribution in [0, 0.1) is 0 Å². The van der Waals surface area contributed by atoms with Crippen molar-refractivity contribution in [3.8, 4) is 5.75 Å². The van der Waals surface area contributed by atoms with Gasteiger partial charge < -0.3 is 30.3 Å². The molecule has 1 fully saturated rings. The van der Waals surface area contributed by atoms with Crippen molar-refractivity contribution in [2.75, 3.05) is 5.32 Å². The molecule has 2 aliphatic rings. The van der Waals surface area contributed by atoms with E-state index in [9.17, 15) is 24.0 Å². The summed E-state index contributed by atoms with van der Waals surface area (Å²) in [6, 6.07) is 19.6. The summed E-state index contributed by atoms with van der Waals surface area (Å²) < 4.78 is 11.1. The van der Waals surface area contributed by atoms with Crippen molar-refractivity contribution in [3.63, 3.8) is 0 Å². The van der Waals surface area contributed by atoms with Crippen molar-refractivity contribution in [1.29, 1.82) is 0 Å². The third kappa shape index (κ3) is 8.26. The summed E-state index contributed by atoms with van der Waals surface area (Å²) in [6.07, 6.45) is -0.0183. The van der Waals surface area contributed by atoms with Gasteiger partial charge in [-0.3, -0.25) is 19.7 Å². The van der Waals surface area contributed by atoms with Gasteiger partial charge in [-0.25, -0.2) is 9.59 Å². The van der Waals surface area contributed by atoms with Gasteiger partial charge in [0.1, 0.15) is 23.5 Å². The number of benzene rings is 3. The lowest BCUT2D eigenvalue weighted by molar-refractivity contribution is -0.142. The Balaban J connectivity index is 1.06. The average molecular weight is 642 g/mol. The average Bonchev–Trinajstić information content (AvgIpc) is 3.36. The van der Waals surface area contributed by atoms with E-state index in [-0.39, 0.29) is 37.7 Å². The van der Waals surface area contributed by atoms with Gasteiger partial charge in [-0.1, -0.05) is 36.4 Å². The minimum absolute atomic E-state index is 0.177. The van der Waals surface area contributed by atoms with Crippen molar-refractivity contribution in [1.82, 2.24) is 20.9 Å². The largest absolute Gasteiger partial charge is 0.489 e. The maximum atomic E-state index is 13.1. The van der Waals surface area contributed by atoms with Crippen LogP contribution in [-0.4, -0.2) is 45.9 Å². The molecule has 1 saturated heterocycles. The van der Waals surface area contributed by atoms with E-state index in [0.29, 0.717) is 30.2 Å². The van der Waals surface area contributed by atoms with Gasteiger partial charge in [-0.2, -0.15) is 0 Å². The number of piperidine rings is 1. The van der Waals surface area contributed by atoms with Crippen molar-refractivity contribution < 1.29 is 33.4 Å². The molecular formula is C35H39N5O7. The summed E-state index contributed by atoms with van der Waals surface area (Å²) in [5.41, 5.74) is 2.91. The first-order chi connectivity index (χ1) is 22.3. The van der Waals surface area contributed by atoms with Crippen molar-refractivity contribution in [2.24, 2.45) is 0 Å². The Bertz CT molecular complexity index is 1680. The summed E-state index contributed by atoms with van der Waals surface area (Å²) in [4.78, 5) is 63.2. The predicted molar refractivity (Wildman–Crippen MR) is 173 cm³/mol. The Hall–Kier alpha value is -5.39. The first-order valence-electron chi connectivity index (χ1n) is 15.4. The lowest BCUT2D eigenvalue weighted by Gasteiger charge is -2.39. The fraction of sp³-hybridized carbons (Fsp3) is 0.343. The molecule has 0 bridgehead atoms. The van der Waals surface area contributed by atoms with Gasteiger partial charge in [-0.15, -0.1) is 0 Å². The lowest BCUT2D eigenvalue weighted by atomic mass is 9.89. The van der Waals surface area contributed by atoms with Crippen molar-refractivity contribution >= 4 is 35.5 Å². The molecule has 2 heterocycles. The number of hydrogen-bond acceptors (Lipinski definition) is 7. The molecule has 3 aromatic carbocycles. The molecule has 12 heteroatoms. The van der Waals surface area contributed by atoms with Crippen LogP contribution in [0.4, 0.5) is 15.3 Å². The maximum absolute atomic E-state index is 13.1. The van der Waals surface area contributed by atoms with E-state index in [1.54, 1.807) is 43.3 Å². The second-order valence-electron chi connectivity index (χ2n) is 12.8. The molecule has 0 aromatic heterocycles. The molecule has 0 aliphatic carbocycles. The Morgan fingerprint density at radius 1 is 0.894 bits per heavy atom. The first kappa shape index (κ1) is 33.0. The maximum Gasteiger partial charge on any atom is 0.407 e. The van der Waals surface area contributed by atoms with E-state index in [1.165, 1.54) is 4.90 Å². The molecule has 246 valence electrons. The number of carbonyl (C=O) groups is 5. The van der Waals surface area contributed by atoms with E-state index < -0.39 is 29.2 Å². The first-order valence-corrected chi connectivity index (χ1v) is 15.4. The molecule has 0 unspecified atom stereocenters. The summed E-state index contributed by atoms with van der Waals surface area (Å²) in [6.45, 7) is 8.31. The minimum atomic E-state index is -1.10. The number of imide groups is 1. The van der Waals surface area contributed by atoms with Crippen molar-refractivity contribution in [2.45, 2.75) is 77.9 Å². The highest BCUT2D eigenvalue weighted by atomic mass is 16.6. The molecule has 1 atom stereocenters. The zero-order valence-corrected chi connectivity index (χ0v) is 26.9. The lowest BCUT2D eigenvalue weighted by Crippen LogP contribution is -2.61. The number of anilines is 1. The van der Waals surface area contributed by atoms with Crippen LogP contribution < -0.4 is 26.0 Å². The number of ether oxygens (including phenoxy) is 2. The van der Waals surface area contributed by atoms with Crippen LogP contribution in [0.1, 0.15) is 73.1 Å². The van der Waals surface area contributed by atoms with Crippen LogP contribution in [-0.2, 0) is 40.6 Å². The SMILES string of the molecule is CC(C)(C)OC(=O)NCc1ccc(COc2ccc(NC(=O)NCc3ccc4c(c3)CN([C@@]3(C)CCC(=O)NC3=O)C4=O)cc2)cc1. The zero-order valence-electron chi connectivity index (χ0n) is 26.9. The summed E-state index contributed by atoms with van der Waals surface area (Å²) in [7, 11) is 0. The van der Waals surface area contributed by atoms with Gasteiger partial charge in [-0.05, 0) is 86.7 Å². The summed E-state index contributed by atoms with van der Waals surface area (Å²) in [5, 5.41) is 10.7. The van der Waals surface area contributed by atoms with Gasteiger partial charge in [0.15, 0.2) is 0 Å². The van der Waals surface area contributed by atoms with Crippen molar-refractivity contribution in [3.05, 3.63) is 94.5 Å². The molecular weight excluding hydrogens is 602 g/mol. The molecule has 4 N–H and O–H groups in total. The molecule has 3 aromatic rings. The number of amides is 6. The molecule has 12 nitrogen and oxygen atoms in total. The highest BCUT2D eigenvalue weighted by Gasteiger charge is 2.48. The molecule has 0 radical (unpaired) electrons. The smallest absolute Gasteiger partial charge is 0.407 e. The third-order valence-electron chi connectivity index (χ3n) is 7.98. The van der Waals surface area contributed by atoms with Crippen LogP contribution in [0.2, 0.25) is 0 Å². The number of nitrogens with zero attached hydrogens (tertiary/aromatic N) is 1. The van der Waals surface area contributed by atoms with Crippen LogP contribution >= 0.6 is 0 Å². The van der Waals surface area contributed by atoms with Gasteiger partial charge in [0, 0.05) is 37.3 Å². The highest BCUT2D eigenvalue weighted by Crippen LogP contribution is 2.34. The van der Waals surface area contributed by atoms with E-state index in [1.807, 2.05) is 51.1 Å². The molecule has 5 rings (SSSR count). The Morgan fingerprint density at radius 3 is 2.23 bits per heavy atom. The summed E-state index contributed by atoms with van der Waals surface area (Å²) >= 11 is 0. The standard InChI is InChI=1S/C35H39N5O7/c1-34(2,3)47-33(45)37-18-22-5-7-23(8-6-22)21-46-27-12-10-26(11-13-27)38-32(44)36-19-24-9-14-28-25(17-24)20-40(30(28)42)35(4)16-15-29(41)39-31(35)43/h5-14,17H,15-16,18-21H2,1-4H3,(H,37,45)(H2,36,38,44)(H,39,41,43)/t35-/m0/s1. The van der Waals surface area contributed by atoms with Crippen LogP contribution in [0.25, 0.3) is 0 Å². The Morgan fingerprint density at radius 2 is 1.55 bits per heavy atom. The fourth-order valence-corrected chi connectivity index (χ4v) is 5.33. The molecule has 2 aliphatic heterocycles. The number of urea groups is 1. The van der Waals surface area contributed by atoms with E-state index >= 15 is 0 Å². The summed E-state index contributed by atoms with van der Waals surface area (Å²) in [5.74, 6) is -0.414. The predicted octanol–water partition coefficient (Wildman–Crippen LogP) is 4.76. The van der Waals surface area contributed by atoms with E-state index in [4.69, 9.17) is 9.47 Å². The monoisotopic (exact) mass is 641 g/mol. The number of carbonyl (C=O) groups excluding carboxylic acids is 5. The normalized spacial score (nSPS) is 17.4. The van der Waals surface area contributed by atoms with Gasteiger partial charge in [0.05, 0.1) is 0 Å². The quantitative estimate of drug-likeness (QED) is 0.246. The molecule has 0 spiro atoms.